The minimum absolute atomic E-state index is 0.544. The summed E-state index contributed by atoms with van der Waals surface area (Å²) in [6, 6.07) is 1.49. The summed E-state index contributed by atoms with van der Waals surface area (Å²) < 4.78 is 0. The van der Waals surface area contributed by atoms with E-state index >= 15 is 0 Å². The molecular formula is C17H34N2. The van der Waals surface area contributed by atoms with Gasteiger partial charge in [0.2, 0.25) is 0 Å². The summed E-state index contributed by atoms with van der Waals surface area (Å²) in [5.41, 5.74) is 0.544. The lowest BCUT2D eigenvalue weighted by Gasteiger charge is -2.39. The molecule has 2 fully saturated rings. The van der Waals surface area contributed by atoms with Crippen LogP contribution in [-0.2, 0) is 0 Å². The van der Waals surface area contributed by atoms with Crippen molar-refractivity contribution in [2.75, 3.05) is 19.6 Å². The van der Waals surface area contributed by atoms with Crippen molar-refractivity contribution in [1.82, 2.24) is 10.2 Å². The monoisotopic (exact) mass is 266 g/mol. The average molecular weight is 266 g/mol. The molecule has 0 spiro atoms. The molecule has 1 aliphatic carbocycles. The van der Waals surface area contributed by atoms with E-state index in [1.165, 1.54) is 45.3 Å². The van der Waals surface area contributed by atoms with Crippen LogP contribution < -0.4 is 5.32 Å². The Labute approximate surface area is 120 Å². The molecule has 0 amide bonds. The molecular weight excluding hydrogens is 232 g/mol. The van der Waals surface area contributed by atoms with E-state index in [0.717, 1.165) is 17.9 Å². The first-order valence-corrected chi connectivity index (χ1v) is 8.35. The molecule has 112 valence electrons. The molecule has 3 atom stereocenters. The van der Waals surface area contributed by atoms with Crippen LogP contribution in [-0.4, -0.2) is 36.6 Å². The summed E-state index contributed by atoms with van der Waals surface area (Å²) in [5.74, 6) is 1.72. The van der Waals surface area contributed by atoms with E-state index in [1.54, 1.807) is 0 Å². The Kier molecular flexibility index (Phi) is 4.94. The van der Waals surface area contributed by atoms with Gasteiger partial charge in [0.25, 0.3) is 0 Å². The highest BCUT2D eigenvalue weighted by Gasteiger charge is 2.40. The summed E-state index contributed by atoms with van der Waals surface area (Å²) >= 11 is 0. The lowest BCUT2D eigenvalue weighted by atomic mass is 9.91. The minimum atomic E-state index is 0.544. The second kappa shape index (κ2) is 6.13. The quantitative estimate of drug-likeness (QED) is 0.837. The van der Waals surface area contributed by atoms with Crippen molar-refractivity contribution >= 4 is 0 Å². The predicted octanol–water partition coefficient (Wildman–Crippen LogP) is 3.52. The fraction of sp³-hybridized carbons (Fsp3) is 1.00. The highest BCUT2D eigenvalue weighted by Crippen LogP contribution is 2.43. The SMILES string of the molecule is CC1CC(C)(C)CC1N(CC1CCCNC1)C(C)C. The zero-order chi connectivity index (χ0) is 14.0. The second-order valence-electron chi connectivity index (χ2n) is 8.12. The third-order valence-corrected chi connectivity index (χ3v) is 5.25. The lowest BCUT2D eigenvalue weighted by molar-refractivity contribution is 0.0952. The first-order valence-electron chi connectivity index (χ1n) is 8.35. The van der Waals surface area contributed by atoms with Crippen LogP contribution in [0.15, 0.2) is 0 Å². The summed E-state index contributed by atoms with van der Waals surface area (Å²) in [5, 5.41) is 3.57. The topological polar surface area (TPSA) is 15.3 Å². The van der Waals surface area contributed by atoms with Crippen molar-refractivity contribution in [3.63, 3.8) is 0 Å². The van der Waals surface area contributed by atoms with Gasteiger partial charge in [-0.25, -0.2) is 0 Å². The Hall–Kier alpha value is -0.0800. The number of piperidine rings is 1. The number of hydrogen-bond acceptors (Lipinski definition) is 2. The first-order chi connectivity index (χ1) is 8.89. The van der Waals surface area contributed by atoms with Crippen LogP contribution >= 0.6 is 0 Å². The third-order valence-electron chi connectivity index (χ3n) is 5.25. The van der Waals surface area contributed by atoms with Gasteiger partial charge < -0.3 is 5.32 Å². The van der Waals surface area contributed by atoms with Crippen molar-refractivity contribution in [3.8, 4) is 0 Å². The van der Waals surface area contributed by atoms with Crippen LogP contribution in [0.2, 0.25) is 0 Å². The molecule has 2 rings (SSSR count). The van der Waals surface area contributed by atoms with Gasteiger partial charge in [0.1, 0.15) is 0 Å². The Morgan fingerprint density at radius 3 is 2.47 bits per heavy atom. The molecule has 0 bridgehead atoms. The van der Waals surface area contributed by atoms with Crippen LogP contribution in [0.3, 0.4) is 0 Å². The van der Waals surface area contributed by atoms with Crippen molar-refractivity contribution in [2.24, 2.45) is 17.3 Å². The Balaban J connectivity index is 1.99. The van der Waals surface area contributed by atoms with E-state index in [2.05, 4.69) is 44.8 Å². The second-order valence-corrected chi connectivity index (χ2v) is 8.12. The Bertz CT molecular complexity index is 279. The molecule has 2 aliphatic rings. The lowest BCUT2D eigenvalue weighted by Crippen LogP contribution is -2.47. The molecule has 19 heavy (non-hydrogen) atoms. The van der Waals surface area contributed by atoms with Crippen molar-refractivity contribution in [3.05, 3.63) is 0 Å². The maximum atomic E-state index is 3.57. The molecule has 1 saturated carbocycles. The molecule has 0 radical (unpaired) electrons. The molecule has 0 aromatic carbocycles. The minimum Gasteiger partial charge on any atom is -0.316 e. The summed E-state index contributed by atoms with van der Waals surface area (Å²) in [7, 11) is 0. The van der Waals surface area contributed by atoms with Gasteiger partial charge in [-0.05, 0) is 69.9 Å². The molecule has 1 saturated heterocycles. The van der Waals surface area contributed by atoms with Gasteiger partial charge in [-0.1, -0.05) is 20.8 Å². The molecule has 2 heteroatoms. The number of rotatable bonds is 4. The molecule has 0 aromatic heterocycles. The molecule has 3 unspecified atom stereocenters. The third kappa shape index (κ3) is 3.95. The van der Waals surface area contributed by atoms with Gasteiger partial charge in [-0.2, -0.15) is 0 Å². The van der Waals surface area contributed by atoms with E-state index in [0.29, 0.717) is 11.5 Å². The van der Waals surface area contributed by atoms with Crippen LogP contribution in [0.1, 0.15) is 60.3 Å². The predicted molar refractivity (Wildman–Crippen MR) is 83.4 cm³/mol. The standard InChI is InChI=1S/C17H34N2/c1-13(2)19(12-15-7-6-8-18-11-15)16-10-17(4,5)9-14(16)3/h13-16,18H,6-12H2,1-5H3. The first kappa shape index (κ1) is 15.3. The maximum Gasteiger partial charge on any atom is 0.0129 e. The van der Waals surface area contributed by atoms with Crippen LogP contribution in [0.5, 0.6) is 0 Å². The molecule has 1 aliphatic heterocycles. The summed E-state index contributed by atoms with van der Waals surface area (Å²) in [6.45, 7) is 15.9. The average Bonchev–Trinajstić information content (AvgIpc) is 2.60. The van der Waals surface area contributed by atoms with Gasteiger partial charge in [-0.3, -0.25) is 4.90 Å². The zero-order valence-electron chi connectivity index (χ0n) is 13.7. The molecule has 1 N–H and O–H groups in total. The Morgan fingerprint density at radius 1 is 1.26 bits per heavy atom. The molecule has 2 nitrogen and oxygen atoms in total. The van der Waals surface area contributed by atoms with Gasteiger partial charge >= 0.3 is 0 Å². The highest BCUT2D eigenvalue weighted by atomic mass is 15.2. The van der Waals surface area contributed by atoms with Crippen LogP contribution in [0.25, 0.3) is 0 Å². The van der Waals surface area contributed by atoms with E-state index in [4.69, 9.17) is 0 Å². The van der Waals surface area contributed by atoms with Crippen LogP contribution in [0.4, 0.5) is 0 Å². The highest BCUT2D eigenvalue weighted by molar-refractivity contribution is 4.94. The maximum absolute atomic E-state index is 3.57. The van der Waals surface area contributed by atoms with Crippen LogP contribution in [0, 0.1) is 17.3 Å². The smallest absolute Gasteiger partial charge is 0.0129 e. The summed E-state index contributed by atoms with van der Waals surface area (Å²) in [4.78, 5) is 2.82. The van der Waals surface area contributed by atoms with Gasteiger partial charge in [0.05, 0.1) is 0 Å². The Morgan fingerprint density at radius 2 is 2.00 bits per heavy atom. The van der Waals surface area contributed by atoms with Crippen molar-refractivity contribution in [1.29, 1.82) is 0 Å². The number of nitrogens with one attached hydrogen (secondary N) is 1. The molecule has 1 heterocycles. The largest absolute Gasteiger partial charge is 0.316 e. The van der Waals surface area contributed by atoms with E-state index in [9.17, 15) is 0 Å². The van der Waals surface area contributed by atoms with Crippen molar-refractivity contribution < 1.29 is 0 Å². The van der Waals surface area contributed by atoms with Crippen molar-refractivity contribution in [2.45, 2.75) is 72.4 Å². The van der Waals surface area contributed by atoms with E-state index in [-0.39, 0.29) is 0 Å². The van der Waals surface area contributed by atoms with Gasteiger partial charge in [0.15, 0.2) is 0 Å². The molecule has 0 aromatic rings. The normalized spacial score (nSPS) is 35.2. The fourth-order valence-electron chi connectivity index (χ4n) is 4.41. The van der Waals surface area contributed by atoms with E-state index in [1.807, 2.05) is 0 Å². The van der Waals surface area contributed by atoms with Gasteiger partial charge in [-0.15, -0.1) is 0 Å². The summed E-state index contributed by atoms with van der Waals surface area (Å²) in [6.07, 6.45) is 5.55. The fourth-order valence-corrected chi connectivity index (χ4v) is 4.41. The zero-order valence-corrected chi connectivity index (χ0v) is 13.7. The number of nitrogens with zero attached hydrogens (tertiary/aromatic N) is 1. The van der Waals surface area contributed by atoms with E-state index < -0.39 is 0 Å². The number of hydrogen-bond donors (Lipinski definition) is 1. The van der Waals surface area contributed by atoms with Gasteiger partial charge in [0, 0.05) is 18.6 Å².